The zero-order valence-corrected chi connectivity index (χ0v) is 13.9. The third-order valence-corrected chi connectivity index (χ3v) is 4.46. The highest BCUT2D eigenvalue weighted by Crippen LogP contribution is 2.24. The van der Waals surface area contributed by atoms with Gasteiger partial charge >= 0.3 is 6.03 Å². The molecule has 0 aromatic carbocycles. The molecular weight excluding hydrogens is 304 g/mol. The SMILES string of the molecule is C[C@H](NC(=O)NC[C@H](c1ccco1)N1CCCC1)c1ccncc1. The maximum Gasteiger partial charge on any atom is 0.315 e. The molecule has 0 saturated carbocycles. The van der Waals surface area contributed by atoms with Crippen molar-refractivity contribution in [1.29, 1.82) is 0 Å². The Balaban J connectivity index is 1.55. The Labute approximate surface area is 142 Å². The number of aromatic nitrogens is 1. The van der Waals surface area contributed by atoms with E-state index in [1.807, 2.05) is 31.2 Å². The Morgan fingerprint density at radius 3 is 2.71 bits per heavy atom. The van der Waals surface area contributed by atoms with Gasteiger partial charge in [0, 0.05) is 18.9 Å². The number of nitrogens with one attached hydrogen (secondary N) is 2. The summed E-state index contributed by atoms with van der Waals surface area (Å²) in [7, 11) is 0. The first-order valence-corrected chi connectivity index (χ1v) is 8.46. The van der Waals surface area contributed by atoms with E-state index in [0.717, 1.165) is 24.4 Å². The normalized spacial score (nSPS) is 17.4. The molecule has 2 amide bonds. The van der Waals surface area contributed by atoms with Crippen molar-refractivity contribution in [2.75, 3.05) is 19.6 Å². The summed E-state index contributed by atoms with van der Waals surface area (Å²) in [6, 6.07) is 7.52. The number of hydrogen-bond acceptors (Lipinski definition) is 4. The lowest BCUT2D eigenvalue weighted by Gasteiger charge is -2.26. The summed E-state index contributed by atoms with van der Waals surface area (Å²) in [4.78, 5) is 18.6. The summed E-state index contributed by atoms with van der Waals surface area (Å²) in [6.07, 6.45) is 7.53. The number of nitrogens with zero attached hydrogens (tertiary/aromatic N) is 2. The molecule has 1 saturated heterocycles. The Kier molecular flexibility index (Phi) is 5.48. The van der Waals surface area contributed by atoms with Crippen molar-refractivity contribution in [2.24, 2.45) is 0 Å². The maximum absolute atomic E-state index is 12.2. The highest BCUT2D eigenvalue weighted by Gasteiger charge is 2.26. The third kappa shape index (κ3) is 4.14. The summed E-state index contributed by atoms with van der Waals surface area (Å²) < 4.78 is 5.57. The van der Waals surface area contributed by atoms with Crippen molar-refractivity contribution in [3.63, 3.8) is 0 Å². The molecule has 0 spiro atoms. The van der Waals surface area contributed by atoms with Crippen molar-refractivity contribution in [3.8, 4) is 0 Å². The molecule has 1 aliphatic rings. The summed E-state index contributed by atoms with van der Waals surface area (Å²) in [5, 5.41) is 5.94. The average molecular weight is 328 g/mol. The van der Waals surface area contributed by atoms with Crippen LogP contribution in [0.1, 0.15) is 43.2 Å². The molecule has 24 heavy (non-hydrogen) atoms. The first kappa shape index (κ1) is 16.5. The zero-order valence-electron chi connectivity index (χ0n) is 13.9. The molecule has 128 valence electrons. The van der Waals surface area contributed by atoms with E-state index in [-0.39, 0.29) is 18.1 Å². The number of pyridine rings is 1. The van der Waals surface area contributed by atoms with E-state index in [1.165, 1.54) is 12.8 Å². The predicted octanol–water partition coefficient (Wildman–Crippen LogP) is 2.87. The van der Waals surface area contributed by atoms with Gasteiger partial charge in [-0.3, -0.25) is 9.88 Å². The highest BCUT2D eigenvalue weighted by atomic mass is 16.3. The van der Waals surface area contributed by atoms with E-state index in [0.29, 0.717) is 6.54 Å². The van der Waals surface area contributed by atoms with Gasteiger partial charge < -0.3 is 15.1 Å². The van der Waals surface area contributed by atoms with Crippen molar-refractivity contribution in [1.82, 2.24) is 20.5 Å². The van der Waals surface area contributed by atoms with Crippen LogP contribution in [0.15, 0.2) is 47.3 Å². The maximum atomic E-state index is 12.2. The van der Waals surface area contributed by atoms with Gasteiger partial charge in [0.1, 0.15) is 5.76 Å². The fourth-order valence-electron chi connectivity index (χ4n) is 3.12. The second kappa shape index (κ2) is 7.97. The van der Waals surface area contributed by atoms with Crippen molar-refractivity contribution in [2.45, 2.75) is 31.8 Å². The Morgan fingerprint density at radius 2 is 2.04 bits per heavy atom. The number of carbonyl (C=O) groups excluding carboxylic acids is 1. The topological polar surface area (TPSA) is 70.4 Å². The Bertz CT molecular complexity index is 624. The molecule has 6 nitrogen and oxygen atoms in total. The van der Waals surface area contributed by atoms with E-state index in [4.69, 9.17) is 4.42 Å². The standard InChI is InChI=1S/C18H24N4O2/c1-14(15-6-8-19-9-7-15)21-18(23)20-13-16(17-5-4-12-24-17)22-10-2-3-11-22/h4-9,12,14,16H,2-3,10-11,13H2,1H3,(H2,20,21,23)/t14-,16+/m0/s1. The van der Waals surface area contributed by atoms with Crippen molar-refractivity contribution >= 4 is 6.03 Å². The number of furan rings is 1. The molecule has 6 heteroatoms. The quantitative estimate of drug-likeness (QED) is 0.855. The number of urea groups is 1. The number of amides is 2. The van der Waals surface area contributed by atoms with Crippen LogP contribution >= 0.6 is 0 Å². The van der Waals surface area contributed by atoms with Gasteiger partial charge in [0.05, 0.1) is 18.3 Å². The fourth-order valence-corrected chi connectivity index (χ4v) is 3.12. The monoisotopic (exact) mass is 328 g/mol. The number of likely N-dealkylation sites (tertiary alicyclic amines) is 1. The average Bonchev–Trinajstić information content (AvgIpc) is 3.30. The van der Waals surface area contributed by atoms with Crippen molar-refractivity contribution < 1.29 is 9.21 Å². The van der Waals surface area contributed by atoms with E-state index in [1.54, 1.807) is 18.7 Å². The molecule has 1 aliphatic heterocycles. The van der Waals surface area contributed by atoms with Crippen LogP contribution in [0.5, 0.6) is 0 Å². The molecule has 1 fully saturated rings. The van der Waals surface area contributed by atoms with Gasteiger partial charge in [0.2, 0.25) is 0 Å². The second-order valence-corrected chi connectivity index (χ2v) is 6.13. The van der Waals surface area contributed by atoms with Crippen LogP contribution in [0.4, 0.5) is 4.79 Å². The largest absolute Gasteiger partial charge is 0.468 e. The first-order chi connectivity index (χ1) is 11.7. The molecule has 0 aliphatic carbocycles. The second-order valence-electron chi connectivity index (χ2n) is 6.13. The van der Waals surface area contributed by atoms with Gasteiger partial charge in [0.25, 0.3) is 0 Å². The van der Waals surface area contributed by atoms with Crippen LogP contribution in [0.25, 0.3) is 0 Å². The van der Waals surface area contributed by atoms with Crippen LogP contribution in [0, 0.1) is 0 Å². The summed E-state index contributed by atoms with van der Waals surface area (Å²) in [6.45, 7) is 4.58. The van der Waals surface area contributed by atoms with Gasteiger partial charge in [-0.2, -0.15) is 0 Å². The minimum atomic E-state index is -0.171. The number of hydrogen-bond donors (Lipinski definition) is 2. The van der Waals surface area contributed by atoms with Gasteiger partial charge in [-0.05, 0) is 62.7 Å². The van der Waals surface area contributed by atoms with Gasteiger partial charge in [-0.15, -0.1) is 0 Å². The van der Waals surface area contributed by atoms with Crippen LogP contribution in [-0.4, -0.2) is 35.5 Å². The highest BCUT2D eigenvalue weighted by molar-refractivity contribution is 5.74. The molecular formula is C18H24N4O2. The molecule has 3 rings (SSSR count). The summed E-state index contributed by atoms with van der Waals surface area (Å²) >= 11 is 0. The molecule has 3 heterocycles. The fraction of sp³-hybridized carbons (Fsp3) is 0.444. The van der Waals surface area contributed by atoms with E-state index in [9.17, 15) is 4.79 Å². The smallest absolute Gasteiger partial charge is 0.315 e. The molecule has 2 atom stereocenters. The minimum Gasteiger partial charge on any atom is -0.468 e. The summed E-state index contributed by atoms with van der Waals surface area (Å²) in [5.74, 6) is 0.902. The zero-order chi connectivity index (χ0) is 16.8. The molecule has 2 N–H and O–H groups in total. The number of carbonyl (C=O) groups is 1. The van der Waals surface area contributed by atoms with Gasteiger partial charge in [-0.25, -0.2) is 4.79 Å². The molecule has 0 radical (unpaired) electrons. The van der Waals surface area contributed by atoms with Crippen LogP contribution in [0.2, 0.25) is 0 Å². The number of rotatable bonds is 6. The lowest BCUT2D eigenvalue weighted by molar-refractivity contribution is 0.202. The van der Waals surface area contributed by atoms with Gasteiger partial charge in [0.15, 0.2) is 0 Å². The molecule has 0 unspecified atom stereocenters. The lowest BCUT2D eigenvalue weighted by Crippen LogP contribution is -2.42. The molecule has 2 aromatic rings. The lowest BCUT2D eigenvalue weighted by atomic mass is 10.1. The summed E-state index contributed by atoms with van der Waals surface area (Å²) in [5.41, 5.74) is 1.03. The van der Waals surface area contributed by atoms with Crippen molar-refractivity contribution in [3.05, 3.63) is 54.2 Å². The van der Waals surface area contributed by atoms with E-state index >= 15 is 0 Å². The van der Waals surface area contributed by atoms with Gasteiger partial charge in [-0.1, -0.05) is 0 Å². The first-order valence-electron chi connectivity index (χ1n) is 8.46. The van der Waals surface area contributed by atoms with E-state index < -0.39 is 0 Å². The van der Waals surface area contributed by atoms with Crippen LogP contribution in [0.3, 0.4) is 0 Å². The minimum absolute atomic E-state index is 0.0677. The van der Waals surface area contributed by atoms with E-state index in [2.05, 4.69) is 20.5 Å². The Hall–Kier alpha value is -2.34. The van der Waals surface area contributed by atoms with Crippen LogP contribution in [-0.2, 0) is 0 Å². The Morgan fingerprint density at radius 1 is 1.29 bits per heavy atom. The van der Waals surface area contributed by atoms with Crippen LogP contribution < -0.4 is 10.6 Å². The molecule has 0 bridgehead atoms. The third-order valence-electron chi connectivity index (χ3n) is 4.46. The predicted molar refractivity (Wildman–Crippen MR) is 91.4 cm³/mol. The molecule has 2 aromatic heterocycles.